The van der Waals surface area contributed by atoms with Crippen molar-refractivity contribution >= 4 is 0 Å². The summed E-state index contributed by atoms with van der Waals surface area (Å²) in [6.07, 6.45) is 5.25. The highest BCUT2D eigenvalue weighted by Gasteiger charge is 2.20. The summed E-state index contributed by atoms with van der Waals surface area (Å²) in [6, 6.07) is 0. The molecule has 1 atom stereocenters. The summed E-state index contributed by atoms with van der Waals surface area (Å²) in [5, 5.41) is 3.37. The Morgan fingerprint density at radius 2 is 2.07 bits per heavy atom. The molecule has 1 heterocycles. The molecule has 3 nitrogen and oxygen atoms in total. The number of nitrogens with two attached hydrogens (primary N) is 1. The van der Waals surface area contributed by atoms with Gasteiger partial charge in [0.05, 0.1) is 0 Å². The minimum absolute atomic E-state index is 0.582. The molecule has 1 aliphatic carbocycles. The average Bonchev–Trinajstić information content (AvgIpc) is 2.19. The molecule has 78 valence electrons. The second-order valence-electron chi connectivity index (χ2n) is 4.18. The molecule has 1 saturated heterocycles. The predicted molar refractivity (Wildman–Crippen MR) is 58.6 cm³/mol. The molecule has 2 aliphatic rings. The summed E-state index contributed by atoms with van der Waals surface area (Å²) < 4.78 is 0. The highest BCUT2D eigenvalue weighted by atomic mass is 15.2. The summed E-state index contributed by atoms with van der Waals surface area (Å²) >= 11 is 0. The van der Waals surface area contributed by atoms with E-state index < -0.39 is 0 Å². The Bertz CT molecular complexity index is 262. The molecule has 0 spiro atoms. The van der Waals surface area contributed by atoms with Crippen molar-refractivity contribution in [1.82, 2.24) is 10.2 Å². The number of hydrogen-bond donors (Lipinski definition) is 2. The number of rotatable bonds is 1. The Balaban J connectivity index is 2.08. The van der Waals surface area contributed by atoms with Gasteiger partial charge in [0.2, 0.25) is 0 Å². The minimum atomic E-state index is 0.582. The lowest BCUT2D eigenvalue weighted by Gasteiger charge is -2.35. The molecule has 0 radical (unpaired) electrons. The minimum Gasteiger partial charge on any atom is -0.402 e. The van der Waals surface area contributed by atoms with Crippen LogP contribution in [0.15, 0.2) is 23.5 Å². The van der Waals surface area contributed by atoms with E-state index in [1.165, 1.54) is 5.70 Å². The van der Waals surface area contributed by atoms with Crippen LogP contribution < -0.4 is 11.1 Å². The Hall–Kier alpha value is -0.960. The summed E-state index contributed by atoms with van der Waals surface area (Å²) in [7, 11) is 0. The first kappa shape index (κ1) is 9.59. The highest BCUT2D eigenvalue weighted by molar-refractivity contribution is 5.24. The van der Waals surface area contributed by atoms with Crippen LogP contribution in [0.25, 0.3) is 0 Å². The number of nitrogens with one attached hydrogen (secondary N) is 1. The van der Waals surface area contributed by atoms with Gasteiger partial charge in [-0.15, -0.1) is 0 Å². The van der Waals surface area contributed by atoms with Gasteiger partial charge in [0.1, 0.15) is 0 Å². The summed E-state index contributed by atoms with van der Waals surface area (Å²) in [5.41, 5.74) is 8.27. The molecule has 1 unspecified atom stereocenters. The molecule has 3 heteroatoms. The zero-order chi connectivity index (χ0) is 9.97. The third kappa shape index (κ3) is 1.93. The van der Waals surface area contributed by atoms with Crippen molar-refractivity contribution in [3.63, 3.8) is 0 Å². The zero-order valence-corrected chi connectivity index (χ0v) is 8.79. The standard InChI is InChI=1S/C11H19N3/c1-9-8-10(12)2-3-11(9)14-6-4-13-5-7-14/h2-3,9,13H,4-8,12H2,1H3. The lowest BCUT2D eigenvalue weighted by molar-refractivity contribution is 0.269. The van der Waals surface area contributed by atoms with Gasteiger partial charge in [-0.1, -0.05) is 6.92 Å². The van der Waals surface area contributed by atoms with E-state index in [2.05, 4.69) is 29.3 Å². The Kier molecular flexibility index (Phi) is 2.77. The van der Waals surface area contributed by atoms with Crippen molar-refractivity contribution in [3.05, 3.63) is 23.5 Å². The zero-order valence-electron chi connectivity index (χ0n) is 8.79. The van der Waals surface area contributed by atoms with Gasteiger partial charge in [0, 0.05) is 43.5 Å². The van der Waals surface area contributed by atoms with Gasteiger partial charge in [-0.2, -0.15) is 0 Å². The van der Waals surface area contributed by atoms with E-state index >= 15 is 0 Å². The molecule has 0 aromatic heterocycles. The second-order valence-corrected chi connectivity index (χ2v) is 4.18. The molecule has 1 fully saturated rings. The highest BCUT2D eigenvalue weighted by Crippen LogP contribution is 2.25. The maximum atomic E-state index is 5.80. The Morgan fingerprint density at radius 1 is 1.36 bits per heavy atom. The van der Waals surface area contributed by atoms with Crippen molar-refractivity contribution in [1.29, 1.82) is 0 Å². The van der Waals surface area contributed by atoms with E-state index in [0.717, 1.165) is 38.3 Å². The van der Waals surface area contributed by atoms with Crippen LogP contribution in [0, 0.1) is 5.92 Å². The molecule has 2 rings (SSSR count). The number of hydrogen-bond acceptors (Lipinski definition) is 3. The smallest absolute Gasteiger partial charge is 0.0300 e. The summed E-state index contributed by atoms with van der Waals surface area (Å²) in [5.74, 6) is 0.582. The molecule has 0 amide bonds. The number of nitrogens with zero attached hydrogens (tertiary/aromatic N) is 1. The monoisotopic (exact) mass is 193 g/mol. The maximum absolute atomic E-state index is 5.80. The quantitative estimate of drug-likeness (QED) is 0.643. The first-order valence-electron chi connectivity index (χ1n) is 5.39. The summed E-state index contributed by atoms with van der Waals surface area (Å²) in [6.45, 7) is 6.72. The predicted octanol–water partition coefficient (Wildman–Crippen LogP) is 0.658. The van der Waals surface area contributed by atoms with Crippen molar-refractivity contribution in [2.45, 2.75) is 13.3 Å². The molecular formula is C11H19N3. The van der Waals surface area contributed by atoms with E-state index in [0.29, 0.717) is 5.92 Å². The van der Waals surface area contributed by atoms with Gasteiger partial charge in [-0.3, -0.25) is 0 Å². The molecule has 0 aromatic carbocycles. The number of piperazine rings is 1. The fourth-order valence-corrected chi connectivity index (χ4v) is 2.22. The van der Waals surface area contributed by atoms with E-state index in [1.54, 1.807) is 0 Å². The molecule has 0 saturated carbocycles. The van der Waals surface area contributed by atoms with Gasteiger partial charge in [-0.05, 0) is 18.6 Å². The van der Waals surface area contributed by atoms with E-state index in [1.807, 2.05) is 0 Å². The van der Waals surface area contributed by atoms with Gasteiger partial charge < -0.3 is 16.0 Å². The topological polar surface area (TPSA) is 41.3 Å². The van der Waals surface area contributed by atoms with Gasteiger partial charge in [0.15, 0.2) is 0 Å². The van der Waals surface area contributed by atoms with Crippen molar-refractivity contribution < 1.29 is 0 Å². The van der Waals surface area contributed by atoms with Crippen LogP contribution in [0.5, 0.6) is 0 Å². The average molecular weight is 193 g/mol. The van der Waals surface area contributed by atoms with Crippen molar-refractivity contribution in [2.75, 3.05) is 26.2 Å². The lowest BCUT2D eigenvalue weighted by atomic mass is 9.95. The van der Waals surface area contributed by atoms with Crippen molar-refractivity contribution in [3.8, 4) is 0 Å². The molecule has 14 heavy (non-hydrogen) atoms. The number of allylic oxidation sites excluding steroid dienone is 4. The molecule has 3 N–H and O–H groups in total. The van der Waals surface area contributed by atoms with Gasteiger partial charge in [-0.25, -0.2) is 0 Å². The van der Waals surface area contributed by atoms with E-state index in [9.17, 15) is 0 Å². The normalized spacial score (nSPS) is 28.4. The first-order valence-corrected chi connectivity index (χ1v) is 5.39. The Labute approximate surface area is 85.6 Å². The maximum Gasteiger partial charge on any atom is 0.0300 e. The van der Waals surface area contributed by atoms with Crippen LogP contribution in [0.3, 0.4) is 0 Å². The van der Waals surface area contributed by atoms with Crippen LogP contribution in [0.1, 0.15) is 13.3 Å². The Morgan fingerprint density at radius 3 is 2.71 bits per heavy atom. The van der Waals surface area contributed by atoms with Crippen LogP contribution in [0.4, 0.5) is 0 Å². The van der Waals surface area contributed by atoms with Gasteiger partial charge in [0.25, 0.3) is 0 Å². The van der Waals surface area contributed by atoms with Crippen LogP contribution in [-0.4, -0.2) is 31.1 Å². The molecule has 1 aliphatic heterocycles. The van der Waals surface area contributed by atoms with E-state index in [4.69, 9.17) is 5.73 Å². The third-order valence-electron chi connectivity index (χ3n) is 3.00. The van der Waals surface area contributed by atoms with Crippen molar-refractivity contribution in [2.24, 2.45) is 11.7 Å². The molecule has 0 aromatic rings. The molecule has 0 bridgehead atoms. The second kappa shape index (κ2) is 4.05. The van der Waals surface area contributed by atoms with Gasteiger partial charge >= 0.3 is 0 Å². The van der Waals surface area contributed by atoms with Crippen LogP contribution >= 0.6 is 0 Å². The summed E-state index contributed by atoms with van der Waals surface area (Å²) in [4.78, 5) is 2.48. The third-order valence-corrected chi connectivity index (χ3v) is 3.00. The van der Waals surface area contributed by atoms with Crippen LogP contribution in [0.2, 0.25) is 0 Å². The fraction of sp³-hybridized carbons (Fsp3) is 0.636. The van der Waals surface area contributed by atoms with Crippen LogP contribution in [-0.2, 0) is 0 Å². The lowest BCUT2D eigenvalue weighted by Crippen LogP contribution is -2.44. The van der Waals surface area contributed by atoms with E-state index in [-0.39, 0.29) is 0 Å². The molecular weight excluding hydrogens is 174 g/mol. The largest absolute Gasteiger partial charge is 0.402 e. The fourth-order valence-electron chi connectivity index (χ4n) is 2.22. The SMILES string of the molecule is CC1CC(N)=CC=C1N1CCNCC1. The first-order chi connectivity index (χ1) is 6.77.